The second-order valence-corrected chi connectivity index (χ2v) is 26.4. The molecule has 0 saturated heterocycles. The third kappa shape index (κ3) is 7.39. The molecule has 3 heterocycles. The van der Waals surface area contributed by atoms with E-state index in [0.29, 0.717) is 5.92 Å². The lowest BCUT2D eigenvalue weighted by Crippen LogP contribution is -2.56. The second kappa shape index (κ2) is 15.1. The smallest absolute Gasteiger partial charge is 0.259 e. The van der Waals surface area contributed by atoms with E-state index in [0.717, 1.165) is 12.2 Å². The summed E-state index contributed by atoms with van der Waals surface area (Å²) in [5, 5.41) is 0. The van der Waals surface area contributed by atoms with Gasteiger partial charge in [0.05, 0.1) is 0 Å². The number of hydrogen-bond acceptors (Lipinski definition) is 3. The van der Waals surface area contributed by atoms with Crippen molar-refractivity contribution in [3.63, 3.8) is 0 Å². The first kappa shape index (κ1) is 45.3. The molecule has 4 heteroatoms. The van der Waals surface area contributed by atoms with Crippen molar-refractivity contribution in [1.82, 2.24) is 0 Å². The maximum Gasteiger partial charge on any atom is 0.259 e. The van der Waals surface area contributed by atoms with Crippen molar-refractivity contribution in [3.05, 3.63) is 134 Å². The van der Waals surface area contributed by atoms with Gasteiger partial charge in [-0.15, -0.1) is 11.8 Å². The molecule has 0 N–H and O–H groups in total. The van der Waals surface area contributed by atoms with E-state index in [9.17, 15) is 0 Å². The maximum atomic E-state index is 2.77. The number of nitrogens with zero attached hydrogens (tertiary/aromatic N) is 2. The average Bonchev–Trinajstić information content (AvgIpc) is 3.30. The quantitative estimate of drug-likeness (QED) is 0.189. The number of anilines is 5. The van der Waals surface area contributed by atoms with E-state index in [-0.39, 0.29) is 39.2 Å². The van der Waals surface area contributed by atoms with Gasteiger partial charge in [-0.25, -0.2) is 0 Å². The highest BCUT2D eigenvalue weighted by atomic mass is 32.2. The first-order valence-electron chi connectivity index (χ1n) is 24.7. The number of aryl methyl sites for hydroxylation is 1. The summed E-state index contributed by atoms with van der Waals surface area (Å²) in [5.74, 6) is 1.31. The molecule has 9 rings (SSSR count). The Balaban J connectivity index is 1.40. The number of allylic oxidation sites excluding steroid dienone is 3. The molecule has 4 aromatic carbocycles. The normalized spacial score (nSPS) is 22.4. The Morgan fingerprint density at radius 2 is 1.12 bits per heavy atom. The summed E-state index contributed by atoms with van der Waals surface area (Å²) < 4.78 is 0. The number of benzene rings is 4. The summed E-state index contributed by atoms with van der Waals surface area (Å²) in [6.45, 7) is 41.2. The minimum atomic E-state index is 0.00359. The van der Waals surface area contributed by atoms with Crippen LogP contribution >= 0.6 is 11.8 Å². The largest absolute Gasteiger partial charge is 0.314 e. The Kier molecular flexibility index (Phi) is 10.7. The van der Waals surface area contributed by atoms with Crippen molar-refractivity contribution in [3.8, 4) is 0 Å². The number of rotatable bonds is 3. The molecule has 64 heavy (non-hydrogen) atoms. The highest BCUT2D eigenvalue weighted by molar-refractivity contribution is 8.05. The average molecular weight is 869 g/mol. The molecule has 0 aromatic heterocycles. The van der Waals surface area contributed by atoms with Gasteiger partial charge in [0.1, 0.15) is 0 Å². The van der Waals surface area contributed by atoms with E-state index >= 15 is 0 Å². The van der Waals surface area contributed by atoms with Gasteiger partial charge in [-0.3, -0.25) is 0 Å². The monoisotopic (exact) mass is 869 g/mol. The first-order chi connectivity index (χ1) is 29.7. The van der Waals surface area contributed by atoms with Gasteiger partial charge >= 0.3 is 0 Å². The van der Waals surface area contributed by atoms with Crippen molar-refractivity contribution < 1.29 is 0 Å². The molecule has 1 saturated carbocycles. The zero-order chi connectivity index (χ0) is 46.3. The van der Waals surface area contributed by atoms with Crippen LogP contribution in [0.15, 0.2) is 101 Å². The third-order valence-corrected chi connectivity index (χ3v) is 17.5. The van der Waals surface area contributed by atoms with E-state index in [4.69, 9.17) is 0 Å². The molecule has 5 aliphatic rings. The number of fused-ring (bicyclic) bond motifs is 5. The van der Waals surface area contributed by atoms with E-state index in [1.165, 1.54) is 109 Å². The van der Waals surface area contributed by atoms with Crippen LogP contribution in [0.2, 0.25) is 0 Å². The topological polar surface area (TPSA) is 6.48 Å². The van der Waals surface area contributed by atoms with E-state index < -0.39 is 0 Å². The first-order valence-corrected chi connectivity index (χ1v) is 25.7. The van der Waals surface area contributed by atoms with Crippen LogP contribution in [0.1, 0.15) is 182 Å². The SMILES string of the molecule is Cc1cc(C(C)(C)C)ccc1N1c2ccc(C(C)(C)C)cc2B2C3=C(C/C=C4\C(=C/CS3)C(C)(C)CCC4(C)C)N(c3ccc4c(c3)C(C)(C)CCC4(C)C)c3cc(C(C)C)cc1c32. The lowest BCUT2D eigenvalue weighted by Gasteiger charge is -2.47. The van der Waals surface area contributed by atoms with Crippen molar-refractivity contribution >= 4 is 57.8 Å². The lowest BCUT2D eigenvalue weighted by molar-refractivity contribution is 0.259. The van der Waals surface area contributed by atoms with E-state index in [2.05, 4.69) is 218 Å². The van der Waals surface area contributed by atoms with Crippen LogP contribution in [0.4, 0.5) is 28.4 Å². The summed E-state index contributed by atoms with van der Waals surface area (Å²) in [5.41, 5.74) is 23.1. The molecule has 336 valence electrons. The third-order valence-electron chi connectivity index (χ3n) is 16.4. The van der Waals surface area contributed by atoms with Gasteiger partial charge in [0.15, 0.2) is 0 Å². The fraction of sp³-hybridized carbons (Fsp3) is 0.500. The van der Waals surface area contributed by atoms with Crippen molar-refractivity contribution in [2.75, 3.05) is 15.6 Å². The molecule has 1 fully saturated rings. The Bertz CT molecular complexity index is 2670. The number of thioether (sulfide) groups is 1. The van der Waals surface area contributed by atoms with E-state index in [1.54, 1.807) is 11.1 Å². The predicted octanol–water partition coefficient (Wildman–Crippen LogP) is 16.2. The van der Waals surface area contributed by atoms with Crippen LogP contribution in [0.5, 0.6) is 0 Å². The van der Waals surface area contributed by atoms with Gasteiger partial charge in [-0.2, -0.15) is 0 Å². The Morgan fingerprint density at radius 3 is 1.72 bits per heavy atom. The summed E-state index contributed by atoms with van der Waals surface area (Å²) in [6.07, 6.45) is 11.1. The van der Waals surface area contributed by atoms with Crippen LogP contribution in [-0.4, -0.2) is 12.5 Å². The molecular formula is C60H77BN2S. The highest BCUT2D eigenvalue weighted by Crippen LogP contribution is 2.56. The Hall–Kier alpha value is -3.89. The molecule has 3 aliphatic heterocycles. The van der Waals surface area contributed by atoms with E-state index in [1.807, 2.05) is 0 Å². The molecule has 0 unspecified atom stereocenters. The number of hydrogen-bond donors (Lipinski definition) is 0. The Morgan fingerprint density at radius 1 is 0.578 bits per heavy atom. The van der Waals surface area contributed by atoms with Crippen LogP contribution in [0, 0.1) is 17.8 Å². The highest BCUT2D eigenvalue weighted by Gasteiger charge is 2.47. The molecule has 0 spiro atoms. The van der Waals surface area contributed by atoms with Crippen molar-refractivity contribution in [1.29, 1.82) is 0 Å². The van der Waals surface area contributed by atoms with Crippen LogP contribution in [-0.2, 0) is 21.7 Å². The molecule has 0 radical (unpaired) electrons. The van der Waals surface area contributed by atoms with Gasteiger partial charge in [-0.05, 0) is 168 Å². The molecular weight excluding hydrogens is 792 g/mol. The van der Waals surface area contributed by atoms with Crippen LogP contribution < -0.4 is 20.7 Å². The Labute approximate surface area is 393 Å². The predicted molar refractivity (Wildman–Crippen MR) is 283 cm³/mol. The summed E-state index contributed by atoms with van der Waals surface area (Å²) >= 11 is 2.12. The molecule has 2 aliphatic carbocycles. The van der Waals surface area contributed by atoms with Crippen molar-refractivity contribution in [2.45, 2.75) is 177 Å². The second-order valence-electron chi connectivity index (χ2n) is 25.3. The molecule has 0 bridgehead atoms. The zero-order valence-corrected chi connectivity index (χ0v) is 43.5. The molecule has 0 atom stereocenters. The van der Waals surface area contributed by atoms with Gasteiger partial charge in [0, 0.05) is 46.3 Å². The fourth-order valence-corrected chi connectivity index (χ4v) is 13.1. The molecule has 4 aromatic rings. The zero-order valence-electron chi connectivity index (χ0n) is 42.7. The minimum Gasteiger partial charge on any atom is -0.314 e. The standard InChI is InChI=1S/C60H77BN2S/c1-37(2)39-33-51-53-52(34-39)63(48-23-18-40(32-38(48)3)55(4,5)6)49-24-19-41(56(7,8)9)35-47(49)61(53)54-50(25-22-43-45(26-31-64-54)59(14,15)28-27-57(43,10)11)62(51)42-20-21-44-46(36-42)60(16,17)30-29-58(44,12)13/h18-24,26,32-37H,25,27-31H2,1-17H3/b43-22+,45-26+. The minimum absolute atomic E-state index is 0.00359. The lowest BCUT2D eigenvalue weighted by atomic mass is 9.36. The summed E-state index contributed by atoms with van der Waals surface area (Å²) in [7, 11) is 0. The fourth-order valence-electron chi connectivity index (χ4n) is 11.9. The van der Waals surface area contributed by atoms with Gasteiger partial charge in [0.25, 0.3) is 6.71 Å². The van der Waals surface area contributed by atoms with Gasteiger partial charge in [-0.1, -0.05) is 153 Å². The van der Waals surface area contributed by atoms with Gasteiger partial charge in [0.2, 0.25) is 0 Å². The summed E-state index contributed by atoms with van der Waals surface area (Å²) in [4.78, 5) is 6.95. The van der Waals surface area contributed by atoms with Crippen LogP contribution in [0.25, 0.3) is 0 Å². The summed E-state index contributed by atoms with van der Waals surface area (Å²) in [6, 6.07) is 27.6. The molecule has 2 nitrogen and oxygen atoms in total. The van der Waals surface area contributed by atoms with Crippen LogP contribution in [0.3, 0.4) is 0 Å². The van der Waals surface area contributed by atoms with Crippen molar-refractivity contribution in [2.24, 2.45) is 10.8 Å². The van der Waals surface area contributed by atoms with Gasteiger partial charge < -0.3 is 9.80 Å². The molecule has 0 amide bonds. The maximum absolute atomic E-state index is 2.77.